The standard InChI is InChI=1S/C23H25N3O/c1-18-8-5-6-12-20(18)16-25-22-14-13-21(17-26-22)23(27)24-15-7-11-19-9-3-2-4-10-19/h2-6,8-10,12-14,17H,7,11,15-16H2,1H3,(H,24,27)(H,25,26). The van der Waals surface area contributed by atoms with Gasteiger partial charge >= 0.3 is 0 Å². The molecule has 0 saturated heterocycles. The third kappa shape index (κ3) is 5.68. The maximum atomic E-state index is 12.2. The first-order valence-electron chi connectivity index (χ1n) is 9.29. The molecule has 2 N–H and O–H groups in total. The minimum atomic E-state index is -0.0824. The summed E-state index contributed by atoms with van der Waals surface area (Å²) in [5.41, 5.74) is 4.35. The van der Waals surface area contributed by atoms with Crippen LogP contribution in [0.1, 0.15) is 33.5 Å². The summed E-state index contributed by atoms with van der Waals surface area (Å²) < 4.78 is 0. The maximum Gasteiger partial charge on any atom is 0.252 e. The molecule has 0 aliphatic carbocycles. The van der Waals surface area contributed by atoms with Crippen molar-refractivity contribution in [2.24, 2.45) is 0 Å². The van der Waals surface area contributed by atoms with E-state index >= 15 is 0 Å². The van der Waals surface area contributed by atoms with Crippen LogP contribution in [0.2, 0.25) is 0 Å². The second kappa shape index (κ2) is 9.53. The monoisotopic (exact) mass is 359 g/mol. The Labute approximate surface area is 160 Å². The number of carbonyl (C=O) groups is 1. The first kappa shape index (κ1) is 18.6. The number of aromatic nitrogens is 1. The van der Waals surface area contributed by atoms with Gasteiger partial charge in [-0.25, -0.2) is 4.98 Å². The molecule has 3 aromatic rings. The summed E-state index contributed by atoms with van der Waals surface area (Å²) in [6.45, 7) is 3.46. The minimum absolute atomic E-state index is 0.0824. The number of hydrogen-bond donors (Lipinski definition) is 2. The fourth-order valence-corrected chi connectivity index (χ4v) is 2.87. The lowest BCUT2D eigenvalue weighted by Gasteiger charge is -2.09. The zero-order valence-corrected chi connectivity index (χ0v) is 15.6. The van der Waals surface area contributed by atoms with E-state index in [-0.39, 0.29) is 5.91 Å². The number of aryl methyl sites for hydroxylation is 2. The van der Waals surface area contributed by atoms with Gasteiger partial charge in [-0.3, -0.25) is 4.79 Å². The van der Waals surface area contributed by atoms with Crippen molar-refractivity contribution >= 4 is 11.7 Å². The second-order valence-electron chi connectivity index (χ2n) is 6.56. The van der Waals surface area contributed by atoms with Gasteiger partial charge < -0.3 is 10.6 Å². The van der Waals surface area contributed by atoms with Gasteiger partial charge in [0, 0.05) is 19.3 Å². The summed E-state index contributed by atoms with van der Waals surface area (Å²) in [6.07, 6.45) is 3.49. The predicted octanol–water partition coefficient (Wildman–Crippen LogP) is 4.36. The summed E-state index contributed by atoms with van der Waals surface area (Å²) in [4.78, 5) is 16.6. The Balaban J connectivity index is 1.43. The van der Waals surface area contributed by atoms with Gasteiger partial charge in [0.15, 0.2) is 0 Å². The van der Waals surface area contributed by atoms with E-state index in [0.29, 0.717) is 18.7 Å². The number of benzene rings is 2. The molecule has 2 aromatic carbocycles. The quantitative estimate of drug-likeness (QED) is 0.588. The van der Waals surface area contributed by atoms with Gasteiger partial charge in [0.25, 0.3) is 5.91 Å². The van der Waals surface area contributed by atoms with Crippen LogP contribution in [0.25, 0.3) is 0 Å². The Hall–Kier alpha value is -3.14. The average Bonchev–Trinajstić information content (AvgIpc) is 2.72. The zero-order valence-electron chi connectivity index (χ0n) is 15.6. The average molecular weight is 359 g/mol. The number of rotatable bonds is 8. The van der Waals surface area contributed by atoms with Crippen molar-refractivity contribution in [1.29, 1.82) is 0 Å². The van der Waals surface area contributed by atoms with Crippen LogP contribution < -0.4 is 10.6 Å². The molecular weight excluding hydrogens is 334 g/mol. The Bertz CT molecular complexity index is 860. The van der Waals surface area contributed by atoms with Crippen molar-refractivity contribution in [3.63, 3.8) is 0 Å². The topological polar surface area (TPSA) is 54.0 Å². The van der Waals surface area contributed by atoms with E-state index in [1.54, 1.807) is 12.3 Å². The van der Waals surface area contributed by atoms with Crippen LogP contribution >= 0.6 is 0 Å². The van der Waals surface area contributed by atoms with E-state index in [4.69, 9.17) is 0 Å². The second-order valence-corrected chi connectivity index (χ2v) is 6.56. The Morgan fingerprint density at radius 3 is 2.48 bits per heavy atom. The van der Waals surface area contributed by atoms with E-state index in [2.05, 4.69) is 46.8 Å². The lowest BCUT2D eigenvalue weighted by molar-refractivity contribution is 0.0953. The van der Waals surface area contributed by atoms with Gasteiger partial charge in [0.05, 0.1) is 5.56 Å². The zero-order chi connectivity index (χ0) is 18.9. The molecule has 0 aliphatic heterocycles. The SMILES string of the molecule is Cc1ccccc1CNc1ccc(C(=O)NCCCc2ccccc2)cn1. The third-order valence-corrected chi connectivity index (χ3v) is 4.52. The molecule has 138 valence electrons. The third-order valence-electron chi connectivity index (χ3n) is 4.52. The van der Waals surface area contributed by atoms with Crippen LogP contribution in [-0.4, -0.2) is 17.4 Å². The fraction of sp³-hybridized carbons (Fsp3) is 0.217. The molecule has 1 aromatic heterocycles. The van der Waals surface area contributed by atoms with Crippen LogP contribution in [0.15, 0.2) is 72.9 Å². The smallest absolute Gasteiger partial charge is 0.252 e. The van der Waals surface area contributed by atoms with Crippen molar-refractivity contribution in [2.75, 3.05) is 11.9 Å². The molecule has 3 rings (SSSR count). The highest BCUT2D eigenvalue weighted by molar-refractivity contribution is 5.94. The highest BCUT2D eigenvalue weighted by atomic mass is 16.1. The Morgan fingerprint density at radius 2 is 1.74 bits per heavy atom. The summed E-state index contributed by atoms with van der Waals surface area (Å²) in [5, 5.41) is 6.25. The van der Waals surface area contributed by atoms with Crippen molar-refractivity contribution in [1.82, 2.24) is 10.3 Å². The minimum Gasteiger partial charge on any atom is -0.366 e. The van der Waals surface area contributed by atoms with Gasteiger partial charge in [-0.1, -0.05) is 54.6 Å². The molecule has 27 heavy (non-hydrogen) atoms. The number of pyridine rings is 1. The molecule has 4 nitrogen and oxygen atoms in total. The van der Waals surface area contributed by atoms with Crippen LogP contribution in [0.5, 0.6) is 0 Å². The van der Waals surface area contributed by atoms with Gasteiger partial charge in [-0.2, -0.15) is 0 Å². The van der Waals surface area contributed by atoms with Gasteiger partial charge in [-0.15, -0.1) is 0 Å². The van der Waals surface area contributed by atoms with Crippen molar-refractivity contribution in [2.45, 2.75) is 26.3 Å². The number of hydrogen-bond acceptors (Lipinski definition) is 3. The summed E-state index contributed by atoms with van der Waals surface area (Å²) in [5.74, 6) is 0.680. The van der Waals surface area contributed by atoms with Crippen molar-refractivity contribution in [3.8, 4) is 0 Å². The van der Waals surface area contributed by atoms with Crippen molar-refractivity contribution in [3.05, 3.63) is 95.2 Å². The molecule has 0 aliphatic rings. The first-order valence-corrected chi connectivity index (χ1v) is 9.29. The van der Waals surface area contributed by atoms with E-state index in [0.717, 1.165) is 18.7 Å². The molecule has 0 bridgehead atoms. The largest absolute Gasteiger partial charge is 0.366 e. The van der Waals surface area contributed by atoms with Gasteiger partial charge in [0.2, 0.25) is 0 Å². The van der Waals surface area contributed by atoms with Crippen LogP contribution in [0, 0.1) is 6.92 Å². The molecule has 1 amide bonds. The Kier molecular flexibility index (Phi) is 6.58. The summed E-state index contributed by atoms with van der Waals surface area (Å²) in [7, 11) is 0. The number of nitrogens with one attached hydrogen (secondary N) is 2. The highest BCUT2D eigenvalue weighted by Gasteiger charge is 2.06. The first-order chi connectivity index (χ1) is 13.2. The molecule has 0 atom stereocenters. The number of anilines is 1. The number of nitrogens with zero attached hydrogens (tertiary/aromatic N) is 1. The molecule has 0 saturated carbocycles. The van der Waals surface area contributed by atoms with Crippen LogP contribution in [0.3, 0.4) is 0 Å². The summed E-state index contributed by atoms with van der Waals surface area (Å²) >= 11 is 0. The lowest BCUT2D eigenvalue weighted by atomic mass is 10.1. The molecule has 0 unspecified atom stereocenters. The Morgan fingerprint density at radius 1 is 0.963 bits per heavy atom. The van der Waals surface area contributed by atoms with Crippen molar-refractivity contribution < 1.29 is 4.79 Å². The molecule has 0 fully saturated rings. The predicted molar refractivity (Wildman–Crippen MR) is 110 cm³/mol. The number of amides is 1. The molecular formula is C23H25N3O. The lowest BCUT2D eigenvalue weighted by Crippen LogP contribution is -2.24. The van der Waals surface area contributed by atoms with E-state index in [9.17, 15) is 4.79 Å². The van der Waals surface area contributed by atoms with E-state index in [1.807, 2.05) is 36.4 Å². The van der Waals surface area contributed by atoms with Crippen LogP contribution in [0.4, 0.5) is 5.82 Å². The van der Waals surface area contributed by atoms with E-state index < -0.39 is 0 Å². The maximum absolute atomic E-state index is 12.2. The highest BCUT2D eigenvalue weighted by Crippen LogP contribution is 2.11. The summed E-state index contributed by atoms with van der Waals surface area (Å²) in [6, 6.07) is 22.2. The fourth-order valence-electron chi connectivity index (χ4n) is 2.87. The normalized spacial score (nSPS) is 10.4. The number of carbonyl (C=O) groups excluding carboxylic acids is 1. The van der Waals surface area contributed by atoms with E-state index in [1.165, 1.54) is 16.7 Å². The van der Waals surface area contributed by atoms with Gasteiger partial charge in [0.1, 0.15) is 5.82 Å². The van der Waals surface area contributed by atoms with Gasteiger partial charge in [-0.05, 0) is 48.6 Å². The molecule has 0 radical (unpaired) electrons. The molecule has 4 heteroatoms. The van der Waals surface area contributed by atoms with Crippen LogP contribution in [-0.2, 0) is 13.0 Å². The molecule has 1 heterocycles. The molecule has 0 spiro atoms.